The van der Waals surface area contributed by atoms with Gasteiger partial charge in [-0.25, -0.2) is 0 Å². The van der Waals surface area contributed by atoms with Crippen LogP contribution in [0.1, 0.15) is 31.4 Å². The van der Waals surface area contributed by atoms with E-state index >= 15 is 0 Å². The first-order valence-corrected chi connectivity index (χ1v) is 8.69. The van der Waals surface area contributed by atoms with E-state index in [-0.39, 0.29) is 18.1 Å². The fraction of sp³-hybridized carbons (Fsp3) is 0.706. The molecule has 0 radical (unpaired) electrons. The van der Waals surface area contributed by atoms with E-state index in [0.717, 1.165) is 50.6 Å². The Morgan fingerprint density at radius 2 is 2.13 bits per heavy atom. The molecule has 3 aliphatic heterocycles. The van der Waals surface area contributed by atoms with Crippen molar-refractivity contribution in [2.75, 3.05) is 31.1 Å². The third kappa shape index (κ3) is 2.80. The quantitative estimate of drug-likeness (QED) is 0.825. The highest BCUT2D eigenvalue weighted by atomic mass is 16.5. The molecule has 3 atom stereocenters. The van der Waals surface area contributed by atoms with Gasteiger partial charge in [0.15, 0.2) is 5.82 Å². The molecule has 0 bridgehead atoms. The molecule has 4 rings (SSSR count). The molecule has 0 unspecified atom stereocenters. The smallest absolute Gasteiger partial charge is 0.223 e. The SMILES string of the molecule is Cc1ccc(N2C[C@@H]3CCCO[C@@H]3[C@H](N3CCCC3=O)C2)nn1. The molecule has 0 N–H and O–H groups in total. The zero-order valence-corrected chi connectivity index (χ0v) is 13.6. The minimum atomic E-state index is 0.146. The van der Waals surface area contributed by atoms with Gasteiger partial charge in [0.05, 0.1) is 17.8 Å². The summed E-state index contributed by atoms with van der Waals surface area (Å²) in [5.74, 6) is 1.66. The molecule has 6 heteroatoms. The number of amides is 1. The van der Waals surface area contributed by atoms with Crippen molar-refractivity contribution < 1.29 is 9.53 Å². The third-order valence-electron chi connectivity index (χ3n) is 5.35. The van der Waals surface area contributed by atoms with E-state index in [1.54, 1.807) is 0 Å². The van der Waals surface area contributed by atoms with Gasteiger partial charge in [-0.3, -0.25) is 4.79 Å². The van der Waals surface area contributed by atoms with Crippen LogP contribution in [-0.2, 0) is 9.53 Å². The van der Waals surface area contributed by atoms with Crippen molar-refractivity contribution in [2.45, 2.75) is 44.8 Å². The summed E-state index contributed by atoms with van der Waals surface area (Å²) >= 11 is 0. The van der Waals surface area contributed by atoms with Gasteiger partial charge in [-0.05, 0) is 38.3 Å². The Balaban J connectivity index is 1.60. The average molecular weight is 316 g/mol. The molecule has 0 aliphatic carbocycles. The summed E-state index contributed by atoms with van der Waals surface area (Å²) in [5, 5.41) is 8.54. The maximum atomic E-state index is 12.3. The second kappa shape index (κ2) is 6.07. The summed E-state index contributed by atoms with van der Waals surface area (Å²) in [4.78, 5) is 16.6. The van der Waals surface area contributed by atoms with Crippen molar-refractivity contribution in [3.8, 4) is 0 Å². The van der Waals surface area contributed by atoms with E-state index in [1.807, 2.05) is 19.1 Å². The molecule has 0 spiro atoms. The van der Waals surface area contributed by atoms with Crippen LogP contribution < -0.4 is 4.90 Å². The van der Waals surface area contributed by atoms with Crippen LogP contribution in [0.15, 0.2) is 12.1 Å². The maximum Gasteiger partial charge on any atom is 0.223 e. The molecule has 0 aromatic carbocycles. The normalized spacial score (nSPS) is 31.3. The number of hydrogen-bond donors (Lipinski definition) is 0. The highest BCUT2D eigenvalue weighted by molar-refractivity contribution is 5.78. The first kappa shape index (κ1) is 14.9. The van der Waals surface area contributed by atoms with Crippen LogP contribution in [-0.4, -0.2) is 59.4 Å². The van der Waals surface area contributed by atoms with E-state index < -0.39 is 0 Å². The van der Waals surface area contributed by atoms with Crippen LogP contribution in [0.5, 0.6) is 0 Å². The van der Waals surface area contributed by atoms with Crippen LogP contribution in [0.25, 0.3) is 0 Å². The van der Waals surface area contributed by atoms with Crippen LogP contribution in [0, 0.1) is 12.8 Å². The van der Waals surface area contributed by atoms with Gasteiger partial charge >= 0.3 is 0 Å². The van der Waals surface area contributed by atoms with Crippen molar-refractivity contribution in [1.82, 2.24) is 15.1 Å². The number of aryl methyl sites for hydroxylation is 1. The highest BCUT2D eigenvalue weighted by Gasteiger charge is 2.44. The number of fused-ring (bicyclic) bond motifs is 1. The molecule has 3 fully saturated rings. The number of carbonyl (C=O) groups excluding carboxylic acids is 1. The molecule has 124 valence electrons. The Hall–Kier alpha value is -1.69. The molecule has 23 heavy (non-hydrogen) atoms. The van der Waals surface area contributed by atoms with E-state index in [1.165, 1.54) is 6.42 Å². The number of rotatable bonds is 2. The summed E-state index contributed by atoms with van der Waals surface area (Å²) < 4.78 is 6.10. The second-order valence-corrected chi connectivity index (χ2v) is 6.93. The van der Waals surface area contributed by atoms with Crippen molar-refractivity contribution in [3.63, 3.8) is 0 Å². The number of anilines is 1. The zero-order valence-electron chi connectivity index (χ0n) is 13.6. The summed E-state index contributed by atoms with van der Waals surface area (Å²) in [6.45, 7) is 5.38. The number of nitrogens with zero attached hydrogens (tertiary/aromatic N) is 4. The Morgan fingerprint density at radius 1 is 1.22 bits per heavy atom. The Bertz CT molecular complexity index is 576. The molecule has 6 nitrogen and oxygen atoms in total. The molecule has 4 heterocycles. The van der Waals surface area contributed by atoms with E-state index in [0.29, 0.717) is 12.3 Å². The number of likely N-dealkylation sites (tertiary alicyclic amines) is 1. The highest BCUT2D eigenvalue weighted by Crippen LogP contribution is 2.34. The van der Waals surface area contributed by atoms with Crippen molar-refractivity contribution in [3.05, 3.63) is 17.8 Å². The van der Waals surface area contributed by atoms with Crippen LogP contribution >= 0.6 is 0 Å². The predicted octanol–water partition coefficient (Wildman–Crippen LogP) is 1.39. The van der Waals surface area contributed by atoms with Crippen molar-refractivity contribution in [2.24, 2.45) is 5.92 Å². The minimum Gasteiger partial charge on any atom is -0.376 e. The van der Waals surface area contributed by atoms with Crippen LogP contribution in [0.4, 0.5) is 5.82 Å². The maximum absolute atomic E-state index is 12.3. The van der Waals surface area contributed by atoms with Gasteiger partial charge in [0, 0.05) is 38.6 Å². The summed E-state index contributed by atoms with van der Waals surface area (Å²) in [6, 6.07) is 4.18. The number of piperidine rings is 1. The van der Waals surface area contributed by atoms with Gasteiger partial charge in [-0.2, -0.15) is 5.10 Å². The number of hydrogen-bond acceptors (Lipinski definition) is 5. The topological polar surface area (TPSA) is 58.6 Å². The van der Waals surface area contributed by atoms with Gasteiger partial charge in [0.25, 0.3) is 0 Å². The first-order chi connectivity index (χ1) is 11.2. The lowest BCUT2D eigenvalue weighted by atomic mass is 9.84. The molecule has 1 aromatic rings. The lowest BCUT2D eigenvalue weighted by molar-refractivity contribution is -0.137. The Kier molecular flexibility index (Phi) is 3.93. The second-order valence-electron chi connectivity index (χ2n) is 6.93. The molecule has 0 saturated carbocycles. The van der Waals surface area contributed by atoms with E-state index in [4.69, 9.17) is 4.74 Å². The van der Waals surface area contributed by atoms with E-state index in [9.17, 15) is 4.79 Å². The largest absolute Gasteiger partial charge is 0.376 e. The standard InChI is InChI=1S/C17H24N4O2/c1-12-6-7-15(19-18-12)20-10-13-4-3-9-23-17(13)14(11-20)21-8-2-5-16(21)22/h6-7,13-14,17H,2-5,8-11H2,1H3/t13-,14+,17-/m0/s1. The Labute approximate surface area is 136 Å². The van der Waals surface area contributed by atoms with Crippen molar-refractivity contribution in [1.29, 1.82) is 0 Å². The minimum absolute atomic E-state index is 0.146. The third-order valence-corrected chi connectivity index (χ3v) is 5.35. The Morgan fingerprint density at radius 3 is 2.87 bits per heavy atom. The predicted molar refractivity (Wildman–Crippen MR) is 86.2 cm³/mol. The lowest BCUT2D eigenvalue weighted by Crippen LogP contribution is -2.61. The zero-order chi connectivity index (χ0) is 15.8. The van der Waals surface area contributed by atoms with Gasteiger partial charge in [-0.15, -0.1) is 5.10 Å². The molecule has 1 amide bonds. The summed E-state index contributed by atoms with van der Waals surface area (Å²) in [5.41, 5.74) is 0.927. The van der Waals surface area contributed by atoms with Crippen LogP contribution in [0.3, 0.4) is 0 Å². The molecular formula is C17H24N4O2. The van der Waals surface area contributed by atoms with Gasteiger partial charge < -0.3 is 14.5 Å². The average Bonchev–Trinajstić information content (AvgIpc) is 3.00. The fourth-order valence-corrected chi connectivity index (χ4v) is 4.22. The van der Waals surface area contributed by atoms with Crippen LogP contribution in [0.2, 0.25) is 0 Å². The van der Waals surface area contributed by atoms with Gasteiger partial charge in [0.1, 0.15) is 0 Å². The fourth-order valence-electron chi connectivity index (χ4n) is 4.22. The summed E-state index contributed by atoms with van der Waals surface area (Å²) in [7, 11) is 0. The van der Waals surface area contributed by atoms with E-state index in [2.05, 4.69) is 20.0 Å². The number of carbonyl (C=O) groups is 1. The molecule has 1 aromatic heterocycles. The van der Waals surface area contributed by atoms with Crippen molar-refractivity contribution >= 4 is 11.7 Å². The molecule has 3 aliphatic rings. The lowest BCUT2D eigenvalue weighted by Gasteiger charge is -2.48. The monoisotopic (exact) mass is 316 g/mol. The number of aromatic nitrogens is 2. The van der Waals surface area contributed by atoms with Gasteiger partial charge in [0.2, 0.25) is 5.91 Å². The molecular weight excluding hydrogens is 292 g/mol. The van der Waals surface area contributed by atoms with Gasteiger partial charge in [-0.1, -0.05) is 0 Å². The summed E-state index contributed by atoms with van der Waals surface area (Å²) in [6.07, 6.45) is 4.10. The first-order valence-electron chi connectivity index (χ1n) is 8.69. The molecule has 3 saturated heterocycles. The number of ether oxygens (including phenoxy) is 1.